The molecule has 2 heterocycles. The zero-order valence-electron chi connectivity index (χ0n) is 13.5. The van der Waals surface area contributed by atoms with E-state index in [0.29, 0.717) is 12.1 Å². The SMILES string of the molecule is CCC(C)C1CN(CCc2cnn(C)c2)C(CC)CN1. The van der Waals surface area contributed by atoms with Crippen LogP contribution in [-0.4, -0.2) is 46.4 Å². The first kappa shape index (κ1) is 15.5. The molecule has 4 nitrogen and oxygen atoms in total. The number of nitrogens with one attached hydrogen (secondary N) is 1. The summed E-state index contributed by atoms with van der Waals surface area (Å²) in [6, 6.07) is 1.34. The maximum atomic E-state index is 4.26. The molecule has 0 radical (unpaired) electrons. The molecule has 3 atom stereocenters. The first-order valence-electron chi connectivity index (χ1n) is 8.09. The highest BCUT2D eigenvalue weighted by molar-refractivity contribution is 5.04. The van der Waals surface area contributed by atoms with E-state index in [4.69, 9.17) is 0 Å². The number of rotatable bonds is 6. The molecule has 114 valence electrons. The van der Waals surface area contributed by atoms with Gasteiger partial charge >= 0.3 is 0 Å². The smallest absolute Gasteiger partial charge is 0.0522 e. The molecule has 0 aromatic carbocycles. The minimum absolute atomic E-state index is 0.650. The molecule has 4 heteroatoms. The molecule has 1 aromatic heterocycles. The molecule has 1 aliphatic rings. The van der Waals surface area contributed by atoms with Crippen molar-refractivity contribution in [3.05, 3.63) is 18.0 Å². The van der Waals surface area contributed by atoms with Crippen molar-refractivity contribution in [2.24, 2.45) is 13.0 Å². The molecule has 0 bridgehead atoms. The molecule has 0 spiro atoms. The summed E-state index contributed by atoms with van der Waals surface area (Å²) in [5.74, 6) is 0.758. The maximum absolute atomic E-state index is 4.26. The van der Waals surface area contributed by atoms with Gasteiger partial charge in [-0.25, -0.2) is 0 Å². The zero-order valence-corrected chi connectivity index (χ0v) is 13.5. The molecule has 3 unspecified atom stereocenters. The van der Waals surface area contributed by atoms with Crippen LogP contribution in [0.2, 0.25) is 0 Å². The minimum Gasteiger partial charge on any atom is -0.311 e. The van der Waals surface area contributed by atoms with E-state index in [2.05, 4.69) is 42.3 Å². The quantitative estimate of drug-likeness (QED) is 0.864. The van der Waals surface area contributed by atoms with E-state index in [0.717, 1.165) is 25.4 Å². The molecule has 2 rings (SSSR count). The lowest BCUT2D eigenvalue weighted by molar-refractivity contribution is 0.107. The molecule has 0 saturated carbocycles. The van der Waals surface area contributed by atoms with Crippen molar-refractivity contribution < 1.29 is 0 Å². The predicted molar refractivity (Wildman–Crippen MR) is 83.8 cm³/mol. The minimum atomic E-state index is 0.650. The summed E-state index contributed by atoms with van der Waals surface area (Å²) < 4.78 is 1.90. The third-order valence-electron chi connectivity index (χ3n) is 4.81. The largest absolute Gasteiger partial charge is 0.311 e. The van der Waals surface area contributed by atoms with Crippen molar-refractivity contribution in [3.8, 4) is 0 Å². The van der Waals surface area contributed by atoms with Crippen molar-refractivity contribution in [3.63, 3.8) is 0 Å². The number of nitrogens with zero attached hydrogens (tertiary/aromatic N) is 3. The molecular formula is C16H30N4. The van der Waals surface area contributed by atoms with Gasteiger partial charge in [0.05, 0.1) is 6.20 Å². The van der Waals surface area contributed by atoms with Crippen LogP contribution in [-0.2, 0) is 13.5 Å². The van der Waals surface area contributed by atoms with E-state index in [1.54, 1.807) is 0 Å². The molecule has 1 aliphatic heterocycles. The highest BCUT2D eigenvalue weighted by Crippen LogP contribution is 2.17. The van der Waals surface area contributed by atoms with Crippen molar-refractivity contribution in [1.82, 2.24) is 20.0 Å². The van der Waals surface area contributed by atoms with Crippen LogP contribution in [0.4, 0.5) is 0 Å². The molecule has 0 aliphatic carbocycles. The number of aromatic nitrogens is 2. The second kappa shape index (κ2) is 7.23. The highest BCUT2D eigenvalue weighted by atomic mass is 15.2. The fraction of sp³-hybridized carbons (Fsp3) is 0.812. The van der Waals surface area contributed by atoms with Gasteiger partial charge in [0.25, 0.3) is 0 Å². The van der Waals surface area contributed by atoms with E-state index >= 15 is 0 Å². The van der Waals surface area contributed by atoms with Crippen LogP contribution >= 0.6 is 0 Å². The van der Waals surface area contributed by atoms with Crippen molar-refractivity contribution in [2.75, 3.05) is 19.6 Å². The average Bonchev–Trinajstić information content (AvgIpc) is 2.89. The summed E-state index contributed by atoms with van der Waals surface area (Å²) in [6.07, 6.45) is 7.72. The summed E-state index contributed by atoms with van der Waals surface area (Å²) in [6.45, 7) is 10.4. The lowest BCUT2D eigenvalue weighted by atomic mass is 9.94. The summed E-state index contributed by atoms with van der Waals surface area (Å²) in [5.41, 5.74) is 1.35. The van der Waals surface area contributed by atoms with E-state index in [1.807, 2.05) is 17.9 Å². The molecule has 1 fully saturated rings. The van der Waals surface area contributed by atoms with Crippen molar-refractivity contribution in [1.29, 1.82) is 0 Å². The summed E-state index contributed by atoms with van der Waals surface area (Å²) in [4.78, 5) is 2.68. The Labute approximate surface area is 123 Å². The van der Waals surface area contributed by atoms with Gasteiger partial charge in [0, 0.05) is 45.0 Å². The Morgan fingerprint density at radius 1 is 1.45 bits per heavy atom. The van der Waals surface area contributed by atoms with Crippen LogP contribution in [0.15, 0.2) is 12.4 Å². The number of hydrogen-bond acceptors (Lipinski definition) is 3. The van der Waals surface area contributed by atoms with E-state index in [-0.39, 0.29) is 0 Å². The summed E-state index contributed by atoms with van der Waals surface area (Å²) in [5, 5.41) is 8.01. The number of piperazine rings is 1. The molecule has 1 N–H and O–H groups in total. The first-order valence-corrected chi connectivity index (χ1v) is 8.09. The van der Waals surface area contributed by atoms with Crippen LogP contribution in [0, 0.1) is 5.92 Å². The maximum Gasteiger partial charge on any atom is 0.0522 e. The topological polar surface area (TPSA) is 33.1 Å². The fourth-order valence-corrected chi connectivity index (χ4v) is 3.10. The lowest BCUT2D eigenvalue weighted by Crippen LogP contribution is -2.58. The standard InChI is InChI=1S/C16H30N4/c1-5-13(3)16-12-20(15(6-2)10-17-16)8-7-14-9-18-19(4)11-14/h9,11,13,15-17H,5-8,10,12H2,1-4H3. The molecule has 1 saturated heterocycles. The molecule has 0 amide bonds. The number of aryl methyl sites for hydroxylation is 1. The normalized spacial score (nSPS) is 25.8. The van der Waals surface area contributed by atoms with Crippen molar-refractivity contribution >= 4 is 0 Å². The Morgan fingerprint density at radius 3 is 2.85 bits per heavy atom. The Balaban J connectivity index is 1.91. The summed E-state index contributed by atoms with van der Waals surface area (Å²) >= 11 is 0. The highest BCUT2D eigenvalue weighted by Gasteiger charge is 2.28. The number of hydrogen-bond donors (Lipinski definition) is 1. The van der Waals surface area contributed by atoms with Gasteiger partial charge in [-0.15, -0.1) is 0 Å². The van der Waals surface area contributed by atoms with Gasteiger partial charge in [-0.2, -0.15) is 5.10 Å². The van der Waals surface area contributed by atoms with Crippen LogP contribution in [0.25, 0.3) is 0 Å². The van der Waals surface area contributed by atoms with Crippen LogP contribution in [0.5, 0.6) is 0 Å². The third-order valence-corrected chi connectivity index (χ3v) is 4.81. The molecule has 1 aromatic rings. The van der Waals surface area contributed by atoms with Crippen LogP contribution < -0.4 is 5.32 Å². The van der Waals surface area contributed by atoms with Gasteiger partial charge in [-0.05, 0) is 24.3 Å². The Hall–Kier alpha value is -0.870. The van der Waals surface area contributed by atoms with E-state index in [1.165, 1.54) is 24.9 Å². The predicted octanol–water partition coefficient (Wildman–Crippen LogP) is 2.06. The fourth-order valence-electron chi connectivity index (χ4n) is 3.10. The molecular weight excluding hydrogens is 248 g/mol. The van der Waals surface area contributed by atoms with Crippen LogP contribution in [0.3, 0.4) is 0 Å². The summed E-state index contributed by atoms with van der Waals surface area (Å²) in [7, 11) is 1.99. The molecule has 20 heavy (non-hydrogen) atoms. The Morgan fingerprint density at radius 2 is 2.25 bits per heavy atom. The van der Waals surface area contributed by atoms with Gasteiger partial charge in [0.15, 0.2) is 0 Å². The third kappa shape index (κ3) is 3.83. The van der Waals surface area contributed by atoms with Gasteiger partial charge in [0.2, 0.25) is 0 Å². The lowest BCUT2D eigenvalue weighted by Gasteiger charge is -2.42. The van der Waals surface area contributed by atoms with E-state index in [9.17, 15) is 0 Å². The average molecular weight is 278 g/mol. The zero-order chi connectivity index (χ0) is 14.5. The van der Waals surface area contributed by atoms with E-state index < -0.39 is 0 Å². The second-order valence-electron chi connectivity index (χ2n) is 6.23. The van der Waals surface area contributed by atoms with Crippen LogP contribution in [0.1, 0.15) is 39.2 Å². The second-order valence-corrected chi connectivity index (χ2v) is 6.23. The van der Waals surface area contributed by atoms with Crippen molar-refractivity contribution in [2.45, 2.75) is 52.1 Å². The van der Waals surface area contributed by atoms with Gasteiger partial charge < -0.3 is 5.32 Å². The first-order chi connectivity index (χ1) is 9.63. The van der Waals surface area contributed by atoms with Gasteiger partial charge in [-0.3, -0.25) is 9.58 Å². The Bertz CT molecular complexity index is 401. The Kier molecular flexibility index (Phi) is 5.61. The van der Waals surface area contributed by atoms with Gasteiger partial charge in [0.1, 0.15) is 0 Å². The monoisotopic (exact) mass is 278 g/mol. The van der Waals surface area contributed by atoms with Gasteiger partial charge in [-0.1, -0.05) is 27.2 Å².